The van der Waals surface area contributed by atoms with Gasteiger partial charge in [-0.05, 0) is 36.4 Å². The van der Waals surface area contributed by atoms with Gasteiger partial charge in [0.05, 0.1) is 10.8 Å². The van der Waals surface area contributed by atoms with Crippen molar-refractivity contribution in [1.29, 1.82) is 0 Å². The normalized spacial score (nSPS) is 10.5. The molecule has 1 aromatic carbocycles. The third-order valence-corrected chi connectivity index (χ3v) is 4.10. The molecule has 2 aromatic rings. The van der Waals surface area contributed by atoms with Crippen LogP contribution >= 0.6 is 23.4 Å². The Labute approximate surface area is 158 Å². The fraction of sp³-hybridized carbons (Fsp3) is 0.0588. The summed E-state index contributed by atoms with van der Waals surface area (Å²) in [6, 6.07) is 10.1. The number of hydrogen-bond acceptors (Lipinski definition) is 5. The summed E-state index contributed by atoms with van der Waals surface area (Å²) >= 11 is 7.05. The molecule has 0 aliphatic rings. The largest absolute Gasteiger partial charge is 0.478 e. The molecule has 0 saturated heterocycles. The van der Waals surface area contributed by atoms with Crippen molar-refractivity contribution in [2.75, 3.05) is 16.4 Å². The number of carbonyl (C=O) groups excluding carboxylic acids is 2. The molecule has 2 amide bonds. The Morgan fingerprint density at radius 3 is 2.42 bits per heavy atom. The Morgan fingerprint density at radius 1 is 1.08 bits per heavy atom. The number of nitrogens with one attached hydrogen (secondary N) is 2. The zero-order valence-corrected chi connectivity index (χ0v) is 14.9. The van der Waals surface area contributed by atoms with Crippen molar-refractivity contribution in [2.45, 2.75) is 4.90 Å². The highest BCUT2D eigenvalue weighted by atomic mass is 35.5. The van der Waals surface area contributed by atoms with Crippen LogP contribution in [0.15, 0.2) is 59.6 Å². The average molecular weight is 392 g/mol. The Balaban J connectivity index is 1.81. The van der Waals surface area contributed by atoms with Gasteiger partial charge in [-0.25, -0.2) is 9.78 Å². The Morgan fingerprint density at radius 2 is 1.81 bits per heavy atom. The Kier molecular flexibility index (Phi) is 7.19. The Bertz CT molecular complexity index is 823. The molecule has 0 aliphatic carbocycles. The molecular weight excluding hydrogens is 378 g/mol. The molecule has 2 rings (SSSR count). The number of anilines is 2. The number of carbonyl (C=O) groups is 3. The maximum absolute atomic E-state index is 11.9. The van der Waals surface area contributed by atoms with Crippen LogP contribution in [0.4, 0.5) is 11.5 Å². The van der Waals surface area contributed by atoms with E-state index in [0.717, 1.165) is 17.0 Å². The number of pyridine rings is 1. The van der Waals surface area contributed by atoms with Crippen LogP contribution in [-0.2, 0) is 14.4 Å². The molecule has 0 bridgehead atoms. The minimum atomic E-state index is -1.20. The van der Waals surface area contributed by atoms with Crippen molar-refractivity contribution in [2.24, 2.45) is 0 Å². The van der Waals surface area contributed by atoms with E-state index in [-0.39, 0.29) is 11.7 Å². The second-order valence-electron chi connectivity index (χ2n) is 4.88. The summed E-state index contributed by atoms with van der Waals surface area (Å²) in [5.74, 6) is -1.33. The smallest absolute Gasteiger partial charge is 0.328 e. The van der Waals surface area contributed by atoms with Crippen LogP contribution in [0.5, 0.6) is 0 Å². The molecule has 9 heteroatoms. The number of carboxylic acid groups (broad SMARTS) is 1. The van der Waals surface area contributed by atoms with Crippen LogP contribution < -0.4 is 10.6 Å². The number of hydrogen-bond donors (Lipinski definition) is 3. The molecule has 0 unspecified atom stereocenters. The number of aliphatic carboxylic acids is 1. The van der Waals surface area contributed by atoms with E-state index < -0.39 is 11.9 Å². The number of amides is 2. The van der Waals surface area contributed by atoms with Crippen LogP contribution in [0.3, 0.4) is 0 Å². The topological polar surface area (TPSA) is 108 Å². The number of rotatable bonds is 7. The molecule has 0 atom stereocenters. The van der Waals surface area contributed by atoms with E-state index in [0.29, 0.717) is 16.5 Å². The van der Waals surface area contributed by atoms with E-state index in [2.05, 4.69) is 15.6 Å². The summed E-state index contributed by atoms with van der Waals surface area (Å²) in [4.78, 5) is 38.5. The van der Waals surface area contributed by atoms with Gasteiger partial charge in [-0.3, -0.25) is 9.59 Å². The van der Waals surface area contributed by atoms with Crippen LogP contribution in [0.1, 0.15) is 0 Å². The first kappa shape index (κ1) is 19.5. The lowest BCUT2D eigenvalue weighted by Crippen LogP contribution is -2.14. The zero-order valence-electron chi connectivity index (χ0n) is 13.3. The van der Waals surface area contributed by atoms with E-state index >= 15 is 0 Å². The minimum absolute atomic E-state index is 0.192. The molecule has 0 spiro atoms. The monoisotopic (exact) mass is 391 g/mol. The standard InChI is InChI=1S/C17H14ClN3O4S/c18-11-1-6-14(19-9-11)21-16(23)10-26-13-4-2-12(3-5-13)20-15(22)7-8-17(24)25/h1-9H,10H2,(H,20,22)(H,24,25)(H,19,21,23)/b8-7+. The molecule has 1 aromatic heterocycles. The lowest BCUT2D eigenvalue weighted by Gasteiger charge is -2.06. The summed E-state index contributed by atoms with van der Waals surface area (Å²) in [5, 5.41) is 14.1. The number of halogens is 1. The van der Waals surface area contributed by atoms with Gasteiger partial charge in [-0.2, -0.15) is 0 Å². The average Bonchev–Trinajstić information content (AvgIpc) is 2.61. The first-order chi connectivity index (χ1) is 12.4. The highest BCUT2D eigenvalue weighted by Crippen LogP contribution is 2.20. The summed E-state index contributed by atoms with van der Waals surface area (Å²) in [6.07, 6.45) is 3.14. The number of carboxylic acids is 1. The van der Waals surface area contributed by atoms with Crippen molar-refractivity contribution in [3.05, 3.63) is 59.8 Å². The van der Waals surface area contributed by atoms with Gasteiger partial charge in [-0.15, -0.1) is 11.8 Å². The maximum atomic E-state index is 11.9. The van der Waals surface area contributed by atoms with E-state index in [4.69, 9.17) is 16.7 Å². The SMILES string of the molecule is O=C(O)/C=C/C(=O)Nc1ccc(SCC(=O)Nc2ccc(Cl)cn2)cc1. The van der Waals surface area contributed by atoms with Gasteiger partial charge in [-0.1, -0.05) is 11.6 Å². The molecule has 134 valence electrons. The van der Waals surface area contributed by atoms with Gasteiger partial charge in [0.25, 0.3) is 0 Å². The van der Waals surface area contributed by atoms with Crippen LogP contribution in [0.2, 0.25) is 5.02 Å². The van der Waals surface area contributed by atoms with Gasteiger partial charge in [0.2, 0.25) is 11.8 Å². The second kappa shape index (κ2) is 9.59. The highest BCUT2D eigenvalue weighted by molar-refractivity contribution is 8.00. The van der Waals surface area contributed by atoms with Crippen molar-refractivity contribution in [1.82, 2.24) is 4.98 Å². The van der Waals surface area contributed by atoms with Crippen LogP contribution in [-0.4, -0.2) is 33.6 Å². The fourth-order valence-corrected chi connectivity index (χ4v) is 2.55. The first-order valence-corrected chi connectivity index (χ1v) is 8.65. The van der Waals surface area contributed by atoms with Crippen LogP contribution in [0, 0.1) is 0 Å². The lowest BCUT2D eigenvalue weighted by atomic mass is 10.3. The number of benzene rings is 1. The molecule has 0 fully saturated rings. The molecule has 26 heavy (non-hydrogen) atoms. The van der Waals surface area contributed by atoms with Crippen molar-refractivity contribution < 1.29 is 19.5 Å². The fourth-order valence-electron chi connectivity index (χ4n) is 1.74. The number of thioether (sulfide) groups is 1. The number of aromatic nitrogens is 1. The molecular formula is C17H14ClN3O4S. The predicted molar refractivity (Wildman–Crippen MR) is 100 cm³/mol. The zero-order chi connectivity index (χ0) is 18.9. The summed E-state index contributed by atoms with van der Waals surface area (Å²) in [6.45, 7) is 0. The van der Waals surface area contributed by atoms with Crippen molar-refractivity contribution >= 4 is 52.7 Å². The predicted octanol–water partition coefficient (Wildman–Crippen LogP) is 3.05. The van der Waals surface area contributed by atoms with Crippen molar-refractivity contribution in [3.8, 4) is 0 Å². The molecule has 7 nitrogen and oxygen atoms in total. The van der Waals surface area contributed by atoms with Crippen molar-refractivity contribution in [3.63, 3.8) is 0 Å². The van der Waals surface area contributed by atoms with E-state index in [1.54, 1.807) is 36.4 Å². The van der Waals surface area contributed by atoms with E-state index in [1.165, 1.54) is 18.0 Å². The third-order valence-electron chi connectivity index (χ3n) is 2.86. The summed E-state index contributed by atoms with van der Waals surface area (Å²) < 4.78 is 0. The van der Waals surface area contributed by atoms with Gasteiger partial charge in [0.15, 0.2) is 0 Å². The van der Waals surface area contributed by atoms with Crippen LogP contribution in [0.25, 0.3) is 0 Å². The quantitative estimate of drug-likeness (QED) is 0.494. The van der Waals surface area contributed by atoms with E-state index in [1.807, 2.05) is 0 Å². The van der Waals surface area contributed by atoms with Gasteiger partial charge in [0.1, 0.15) is 5.82 Å². The first-order valence-electron chi connectivity index (χ1n) is 7.28. The van der Waals surface area contributed by atoms with Gasteiger partial charge in [0, 0.05) is 28.9 Å². The maximum Gasteiger partial charge on any atom is 0.328 e. The molecule has 0 saturated carbocycles. The molecule has 0 aliphatic heterocycles. The summed E-state index contributed by atoms with van der Waals surface area (Å²) in [7, 11) is 0. The molecule has 1 heterocycles. The van der Waals surface area contributed by atoms with Gasteiger partial charge >= 0.3 is 5.97 Å². The van der Waals surface area contributed by atoms with Gasteiger partial charge < -0.3 is 15.7 Å². The second-order valence-corrected chi connectivity index (χ2v) is 6.37. The summed E-state index contributed by atoms with van der Waals surface area (Å²) in [5.41, 5.74) is 0.518. The molecule has 3 N–H and O–H groups in total. The third kappa shape index (κ3) is 6.96. The molecule has 0 radical (unpaired) electrons. The Hall–Kier alpha value is -2.84. The highest BCUT2D eigenvalue weighted by Gasteiger charge is 2.05. The van der Waals surface area contributed by atoms with E-state index in [9.17, 15) is 14.4 Å². The number of nitrogens with zero attached hydrogens (tertiary/aromatic N) is 1. The lowest BCUT2D eigenvalue weighted by molar-refractivity contribution is -0.131. The minimum Gasteiger partial charge on any atom is -0.478 e.